The van der Waals surface area contributed by atoms with Gasteiger partial charge in [-0.25, -0.2) is 0 Å². The molecule has 0 radical (unpaired) electrons. The van der Waals surface area contributed by atoms with Gasteiger partial charge in [-0.3, -0.25) is 0 Å². The highest BCUT2D eigenvalue weighted by molar-refractivity contribution is 5.26. The van der Waals surface area contributed by atoms with Crippen LogP contribution < -0.4 is 0 Å². The molecule has 4 aliphatic carbocycles. The van der Waals surface area contributed by atoms with Crippen molar-refractivity contribution in [1.29, 1.82) is 0 Å². The Morgan fingerprint density at radius 2 is 1.19 bits per heavy atom. The second-order valence-corrected chi connectivity index (χ2v) is 24.0. The van der Waals surface area contributed by atoms with Crippen LogP contribution >= 0.6 is 0 Å². The summed E-state index contributed by atoms with van der Waals surface area (Å²) >= 11 is 0. The molecule has 0 spiro atoms. The van der Waals surface area contributed by atoms with Gasteiger partial charge in [0.1, 0.15) is 103 Å². The monoisotopic (exact) mass is 1050 g/mol. The molecular formula is C51H84O22. The smallest absolute Gasteiger partial charge is 0.187 e. The molecule has 5 heterocycles. The summed E-state index contributed by atoms with van der Waals surface area (Å²) in [5, 5.41) is 139. The summed E-state index contributed by atoms with van der Waals surface area (Å²) < 4.78 is 54.2. The summed E-state index contributed by atoms with van der Waals surface area (Å²) in [6.07, 6.45) is -19.6. The van der Waals surface area contributed by atoms with E-state index in [2.05, 4.69) is 13.8 Å². The van der Waals surface area contributed by atoms with Gasteiger partial charge in [0.25, 0.3) is 0 Å². The van der Waals surface area contributed by atoms with Crippen LogP contribution in [0, 0.1) is 46.3 Å². The summed E-state index contributed by atoms with van der Waals surface area (Å²) in [5.41, 5.74) is -1.40. The number of aliphatic hydroxyl groups excluding tert-OH is 12. The van der Waals surface area contributed by atoms with Crippen molar-refractivity contribution in [1.82, 2.24) is 0 Å². The third-order valence-electron chi connectivity index (χ3n) is 19.4. The molecule has 2 unspecified atom stereocenters. The highest BCUT2D eigenvalue weighted by atomic mass is 16.8. The van der Waals surface area contributed by atoms with E-state index in [0.29, 0.717) is 42.8 Å². The lowest BCUT2D eigenvalue weighted by atomic mass is 9.44. The zero-order chi connectivity index (χ0) is 52.8. The Labute approximate surface area is 426 Å². The van der Waals surface area contributed by atoms with Crippen LogP contribution in [0.2, 0.25) is 0 Å². The Balaban J connectivity index is 0.837. The van der Waals surface area contributed by atoms with Gasteiger partial charge >= 0.3 is 0 Å². The minimum Gasteiger partial charge on any atom is -0.492 e. The molecule has 9 fully saturated rings. The molecule has 9 rings (SSSR count). The number of hydrogen-bond donors (Lipinski definition) is 13. The van der Waals surface area contributed by atoms with E-state index in [1.54, 1.807) is 0 Å². The van der Waals surface area contributed by atoms with E-state index in [1.807, 2.05) is 19.9 Å². The van der Waals surface area contributed by atoms with Gasteiger partial charge in [-0.05, 0) is 125 Å². The molecule has 0 bridgehead atoms. The SMILES string of the molecule is CC(C/C=C1\O[C@H]2C[C@H]3[C@@H]4CCC5C[C@@H](O[C@@H]6O[C@H](CO[C@@H]7O[C@@H](C)[C@H](O)[C@@H](O)[C@H]7O)[C@@H](O)[C@H](O)[C@H]6O[C@@H]6O[C@@H](C)[C@H](O)[C@@H](O)[C@H]6O)CC[C@]5(C)[C@H]4CC[C@]3(C)[C@H]2[C@@]1(C)O)CO[C@@H]1O[C@H](CO)[C@@H](O)[C@H](O)[C@H]1O. The Morgan fingerprint density at radius 1 is 0.603 bits per heavy atom. The van der Waals surface area contributed by atoms with Crippen molar-refractivity contribution in [2.24, 2.45) is 46.3 Å². The molecule has 22 heteroatoms. The standard InChI is InChI=1S/C51H84O22/c1-20(18-65-46-41(62)38(59)34(55)29(17-52)71-46)7-10-31-51(6,64)44-28(70-31)16-27-25-9-8-23-15-24(11-13-49(23,4)26(25)12-14-50(27,44)5)69-48-43(73-47-42(63)37(58)33(54)22(3)68-47)39(60)35(56)30(72-48)19-66-45-40(61)36(57)32(53)21(2)67-45/h10,20-30,32-48,52-64H,7-9,11-19H2,1-6H3/b31-10-/t20?,21-,22-,23?,24-,25+,26-,27-,28-,29+,30+,32-,33-,34+,35+,36+,37+,38-,39-,40+,41+,42+,43+,44-,45+,46+,47-,48+,49-,50-,51-/m0/s1. The zero-order valence-corrected chi connectivity index (χ0v) is 42.7. The van der Waals surface area contributed by atoms with Crippen LogP contribution in [-0.4, -0.2) is 227 Å². The van der Waals surface area contributed by atoms with Crippen LogP contribution in [0.4, 0.5) is 0 Å². The third kappa shape index (κ3) is 10.2. The molecule has 13 N–H and O–H groups in total. The summed E-state index contributed by atoms with van der Waals surface area (Å²) in [7, 11) is 0. The number of allylic oxidation sites excluding steroid dienone is 1. The van der Waals surface area contributed by atoms with Gasteiger partial charge in [0.05, 0.1) is 38.1 Å². The lowest BCUT2D eigenvalue weighted by Crippen LogP contribution is -2.65. The van der Waals surface area contributed by atoms with E-state index in [0.717, 1.165) is 38.5 Å². The highest BCUT2D eigenvalue weighted by Gasteiger charge is 2.69. The summed E-state index contributed by atoms with van der Waals surface area (Å²) in [5.74, 6) is 1.79. The van der Waals surface area contributed by atoms with Crippen molar-refractivity contribution < 1.29 is 109 Å². The summed E-state index contributed by atoms with van der Waals surface area (Å²) in [6.45, 7) is 10.7. The van der Waals surface area contributed by atoms with Crippen LogP contribution in [0.15, 0.2) is 11.8 Å². The summed E-state index contributed by atoms with van der Waals surface area (Å²) in [6, 6.07) is 0. The normalized spacial score (nSPS) is 56.0. The van der Waals surface area contributed by atoms with Gasteiger partial charge in [0, 0.05) is 5.92 Å². The maximum absolute atomic E-state index is 12.4. The van der Waals surface area contributed by atoms with Gasteiger partial charge in [-0.1, -0.05) is 20.8 Å². The second kappa shape index (κ2) is 21.7. The van der Waals surface area contributed by atoms with Gasteiger partial charge < -0.3 is 109 Å². The lowest BCUT2D eigenvalue weighted by Gasteiger charge is -2.61. The van der Waals surface area contributed by atoms with Crippen molar-refractivity contribution in [3.8, 4) is 0 Å². The largest absolute Gasteiger partial charge is 0.492 e. The Kier molecular flexibility index (Phi) is 16.8. The molecule has 73 heavy (non-hydrogen) atoms. The molecule has 0 aromatic rings. The van der Waals surface area contributed by atoms with E-state index in [-0.39, 0.29) is 47.4 Å². The van der Waals surface area contributed by atoms with Crippen molar-refractivity contribution >= 4 is 0 Å². The Hall–Kier alpha value is -1.30. The topological polar surface area (TPSA) is 346 Å². The van der Waals surface area contributed by atoms with Crippen LogP contribution in [0.3, 0.4) is 0 Å². The maximum atomic E-state index is 12.4. The number of aliphatic hydroxyl groups is 13. The lowest BCUT2D eigenvalue weighted by molar-refractivity contribution is -0.375. The van der Waals surface area contributed by atoms with E-state index in [4.69, 9.17) is 42.6 Å². The van der Waals surface area contributed by atoms with E-state index in [9.17, 15) is 66.4 Å². The number of ether oxygens (including phenoxy) is 9. The summed E-state index contributed by atoms with van der Waals surface area (Å²) in [4.78, 5) is 0. The van der Waals surface area contributed by atoms with Crippen LogP contribution in [0.1, 0.15) is 99.3 Å². The van der Waals surface area contributed by atoms with Crippen molar-refractivity contribution in [2.75, 3.05) is 19.8 Å². The highest BCUT2D eigenvalue weighted by Crippen LogP contribution is 2.71. The predicted molar refractivity (Wildman–Crippen MR) is 249 cm³/mol. The van der Waals surface area contributed by atoms with Crippen LogP contribution in [-0.2, 0) is 42.6 Å². The number of rotatable bonds is 13. The molecule has 420 valence electrons. The van der Waals surface area contributed by atoms with Crippen molar-refractivity contribution in [2.45, 2.75) is 240 Å². The quantitative estimate of drug-likeness (QED) is 0.0889. The first-order valence-electron chi connectivity index (χ1n) is 26.8. The van der Waals surface area contributed by atoms with Gasteiger partial charge in [-0.2, -0.15) is 0 Å². The first kappa shape index (κ1) is 56.4. The van der Waals surface area contributed by atoms with Gasteiger partial charge in [-0.15, -0.1) is 0 Å². The van der Waals surface area contributed by atoms with Crippen LogP contribution in [0.25, 0.3) is 0 Å². The van der Waals surface area contributed by atoms with Gasteiger partial charge in [0.15, 0.2) is 25.2 Å². The van der Waals surface area contributed by atoms with Crippen molar-refractivity contribution in [3.63, 3.8) is 0 Å². The molecule has 5 aliphatic heterocycles. The maximum Gasteiger partial charge on any atom is 0.187 e. The number of fused-ring (bicyclic) bond motifs is 7. The molecule has 22 nitrogen and oxygen atoms in total. The van der Waals surface area contributed by atoms with E-state index < -0.39 is 142 Å². The molecule has 0 aromatic heterocycles. The zero-order valence-electron chi connectivity index (χ0n) is 42.7. The molecule has 0 aromatic carbocycles. The molecule has 9 aliphatic rings. The fourth-order valence-electron chi connectivity index (χ4n) is 15.1. The average molecular weight is 1050 g/mol. The molecule has 31 atom stereocenters. The van der Waals surface area contributed by atoms with Crippen molar-refractivity contribution in [3.05, 3.63) is 11.8 Å². The average Bonchev–Trinajstić information content (AvgIpc) is 3.81. The Bertz CT molecular complexity index is 1890. The van der Waals surface area contributed by atoms with Crippen LogP contribution in [0.5, 0.6) is 0 Å². The molecular weight excluding hydrogens is 965 g/mol. The minimum atomic E-state index is -1.72. The Morgan fingerprint density at radius 3 is 1.86 bits per heavy atom. The van der Waals surface area contributed by atoms with E-state index in [1.165, 1.54) is 13.8 Å². The molecule has 5 saturated heterocycles. The predicted octanol–water partition coefficient (Wildman–Crippen LogP) is -1.98. The fraction of sp³-hybridized carbons (Fsp3) is 0.961. The molecule has 4 saturated carbocycles. The minimum absolute atomic E-state index is 0.0251. The molecule has 0 amide bonds. The first-order chi connectivity index (χ1) is 34.4. The third-order valence-corrected chi connectivity index (χ3v) is 19.4. The first-order valence-corrected chi connectivity index (χ1v) is 26.8. The fourth-order valence-corrected chi connectivity index (χ4v) is 15.1. The van der Waals surface area contributed by atoms with Gasteiger partial charge in [0.2, 0.25) is 0 Å². The van der Waals surface area contributed by atoms with E-state index >= 15 is 0 Å². The number of hydrogen-bond acceptors (Lipinski definition) is 22. The second-order valence-electron chi connectivity index (χ2n) is 24.0.